The molecule has 0 unspecified atom stereocenters. The summed E-state index contributed by atoms with van der Waals surface area (Å²) >= 11 is 0. The Labute approximate surface area is 98.7 Å². The summed E-state index contributed by atoms with van der Waals surface area (Å²) in [5, 5.41) is 6.37. The van der Waals surface area contributed by atoms with E-state index in [1.807, 2.05) is 6.92 Å². The molecule has 2 N–H and O–H groups in total. The highest BCUT2D eigenvalue weighted by Gasteiger charge is 2.10. The molecular formula is C13H24N2O. The molecule has 1 rings (SSSR count). The second kappa shape index (κ2) is 8.34. The van der Waals surface area contributed by atoms with Gasteiger partial charge in [-0.15, -0.1) is 0 Å². The van der Waals surface area contributed by atoms with Gasteiger partial charge in [-0.05, 0) is 25.8 Å². The summed E-state index contributed by atoms with van der Waals surface area (Å²) in [5.74, 6) is 0.00478. The third-order valence-electron chi connectivity index (χ3n) is 3.03. The molecule has 0 saturated heterocycles. The first-order chi connectivity index (χ1) is 7.83. The Balaban J connectivity index is 2.03. The number of hydrogen-bond acceptors (Lipinski definition) is 2. The van der Waals surface area contributed by atoms with Crippen LogP contribution in [0.5, 0.6) is 0 Å². The lowest BCUT2D eigenvalue weighted by Gasteiger charge is -2.15. The normalized spacial score (nSPS) is 18.6. The van der Waals surface area contributed by atoms with Crippen molar-refractivity contribution in [3.05, 3.63) is 12.2 Å². The van der Waals surface area contributed by atoms with E-state index < -0.39 is 0 Å². The minimum atomic E-state index is 0.00478. The average molecular weight is 224 g/mol. The molecule has 0 atom stereocenters. The van der Waals surface area contributed by atoms with Crippen molar-refractivity contribution in [2.45, 2.75) is 51.5 Å². The molecule has 1 saturated carbocycles. The van der Waals surface area contributed by atoms with Gasteiger partial charge in [0.1, 0.15) is 0 Å². The Morgan fingerprint density at radius 1 is 1.19 bits per heavy atom. The number of carbonyl (C=O) groups is 1. The van der Waals surface area contributed by atoms with Crippen LogP contribution < -0.4 is 10.6 Å². The lowest BCUT2D eigenvalue weighted by atomic mass is 10.1. The molecule has 1 aliphatic carbocycles. The first-order valence-electron chi connectivity index (χ1n) is 6.47. The summed E-state index contributed by atoms with van der Waals surface area (Å²) in [6.07, 6.45) is 11.4. The van der Waals surface area contributed by atoms with Gasteiger partial charge in [0.25, 0.3) is 0 Å². The molecule has 0 aromatic rings. The van der Waals surface area contributed by atoms with E-state index in [9.17, 15) is 4.79 Å². The van der Waals surface area contributed by atoms with Crippen LogP contribution in [0.2, 0.25) is 0 Å². The predicted octanol–water partition coefficient (Wildman–Crippen LogP) is 1.99. The number of carbonyl (C=O) groups excluding carboxylic acids is 1. The van der Waals surface area contributed by atoms with Gasteiger partial charge >= 0.3 is 0 Å². The molecule has 0 spiro atoms. The highest BCUT2D eigenvalue weighted by Crippen LogP contribution is 2.16. The molecule has 16 heavy (non-hydrogen) atoms. The molecule has 3 heteroatoms. The van der Waals surface area contributed by atoms with E-state index in [1.54, 1.807) is 12.2 Å². The van der Waals surface area contributed by atoms with E-state index >= 15 is 0 Å². The van der Waals surface area contributed by atoms with Crippen molar-refractivity contribution in [1.82, 2.24) is 10.6 Å². The van der Waals surface area contributed by atoms with Crippen LogP contribution in [0.25, 0.3) is 0 Å². The molecule has 0 bridgehead atoms. The lowest BCUT2D eigenvalue weighted by Crippen LogP contribution is -2.36. The van der Waals surface area contributed by atoms with Crippen LogP contribution in [0.1, 0.15) is 45.4 Å². The van der Waals surface area contributed by atoms with Crippen LogP contribution >= 0.6 is 0 Å². The van der Waals surface area contributed by atoms with Gasteiger partial charge in [-0.2, -0.15) is 0 Å². The SMILES string of the molecule is C/C=C/C(=O)NCCNC1CCCCCC1. The molecule has 0 aromatic heterocycles. The van der Waals surface area contributed by atoms with E-state index in [0.717, 1.165) is 13.1 Å². The van der Waals surface area contributed by atoms with E-state index in [4.69, 9.17) is 0 Å². The summed E-state index contributed by atoms with van der Waals surface area (Å²) in [7, 11) is 0. The zero-order valence-corrected chi connectivity index (χ0v) is 10.3. The second-order valence-corrected chi connectivity index (χ2v) is 4.43. The molecule has 1 fully saturated rings. The molecule has 0 aromatic carbocycles. The number of rotatable bonds is 5. The predicted molar refractivity (Wildman–Crippen MR) is 67.3 cm³/mol. The zero-order chi connectivity index (χ0) is 11.6. The molecule has 0 aliphatic heterocycles. The summed E-state index contributed by atoms with van der Waals surface area (Å²) in [5.41, 5.74) is 0. The fourth-order valence-electron chi connectivity index (χ4n) is 2.16. The smallest absolute Gasteiger partial charge is 0.243 e. The van der Waals surface area contributed by atoms with Crippen LogP contribution in [0.3, 0.4) is 0 Å². The third kappa shape index (κ3) is 5.91. The molecule has 0 radical (unpaired) electrons. The van der Waals surface area contributed by atoms with Crippen molar-refractivity contribution < 1.29 is 4.79 Å². The fourth-order valence-corrected chi connectivity index (χ4v) is 2.16. The number of allylic oxidation sites excluding steroid dienone is 1. The first kappa shape index (κ1) is 13.2. The summed E-state index contributed by atoms with van der Waals surface area (Å²) in [6.45, 7) is 3.46. The molecule has 1 amide bonds. The van der Waals surface area contributed by atoms with Crippen molar-refractivity contribution in [3.8, 4) is 0 Å². The van der Waals surface area contributed by atoms with Gasteiger partial charge in [-0.25, -0.2) is 0 Å². The van der Waals surface area contributed by atoms with E-state index in [2.05, 4.69) is 10.6 Å². The monoisotopic (exact) mass is 224 g/mol. The van der Waals surface area contributed by atoms with Crippen LogP contribution in [0.15, 0.2) is 12.2 Å². The summed E-state index contributed by atoms with van der Waals surface area (Å²) in [6, 6.07) is 0.668. The van der Waals surface area contributed by atoms with Crippen molar-refractivity contribution >= 4 is 5.91 Å². The van der Waals surface area contributed by atoms with Crippen LogP contribution in [0, 0.1) is 0 Å². The van der Waals surface area contributed by atoms with E-state index in [1.165, 1.54) is 38.5 Å². The summed E-state index contributed by atoms with van der Waals surface area (Å²) in [4.78, 5) is 11.1. The molecule has 92 valence electrons. The Hall–Kier alpha value is -0.830. The largest absolute Gasteiger partial charge is 0.351 e. The van der Waals surface area contributed by atoms with Crippen molar-refractivity contribution in [2.75, 3.05) is 13.1 Å². The minimum Gasteiger partial charge on any atom is -0.351 e. The fraction of sp³-hybridized carbons (Fsp3) is 0.769. The minimum absolute atomic E-state index is 0.00478. The van der Waals surface area contributed by atoms with Crippen molar-refractivity contribution in [1.29, 1.82) is 0 Å². The Bertz CT molecular complexity index is 218. The maximum absolute atomic E-state index is 11.1. The van der Waals surface area contributed by atoms with E-state index in [0.29, 0.717) is 6.04 Å². The Morgan fingerprint density at radius 2 is 1.88 bits per heavy atom. The van der Waals surface area contributed by atoms with Crippen LogP contribution in [-0.4, -0.2) is 25.0 Å². The van der Waals surface area contributed by atoms with Gasteiger partial charge in [-0.1, -0.05) is 31.8 Å². The van der Waals surface area contributed by atoms with E-state index in [-0.39, 0.29) is 5.91 Å². The number of nitrogens with one attached hydrogen (secondary N) is 2. The average Bonchev–Trinajstić information content (AvgIpc) is 2.53. The highest BCUT2D eigenvalue weighted by atomic mass is 16.1. The van der Waals surface area contributed by atoms with Crippen molar-refractivity contribution in [2.24, 2.45) is 0 Å². The highest BCUT2D eigenvalue weighted by molar-refractivity contribution is 5.87. The quantitative estimate of drug-likeness (QED) is 0.426. The number of amides is 1. The van der Waals surface area contributed by atoms with Gasteiger partial charge in [0.15, 0.2) is 0 Å². The zero-order valence-electron chi connectivity index (χ0n) is 10.3. The standard InChI is InChI=1S/C13H24N2O/c1-2-7-13(16)15-11-10-14-12-8-5-3-4-6-9-12/h2,7,12,14H,3-6,8-11H2,1H3,(H,15,16)/b7-2+. The molecule has 3 nitrogen and oxygen atoms in total. The van der Waals surface area contributed by atoms with Gasteiger partial charge in [0, 0.05) is 19.1 Å². The van der Waals surface area contributed by atoms with Crippen LogP contribution in [0.4, 0.5) is 0 Å². The van der Waals surface area contributed by atoms with Crippen molar-refractivity contribution in [3.63, 3.8) is 0 Å². The molecule has 0 heterocycles. The van der Waals surface area contributed by atoms with Gasteiger partial charge in [0.2, 0.25) is 5.91 Å². The van der Waals surface area contributed by atoms with Crippen LogP contribution in [-0.2, 0) is 4.79 Å². The third-order valence-corrected chi connectivity index (χ3v) is 3.03. The van der Waals surface area contributed by atoms with Gasteiger partial charge in [-0.3, -0.25) is 4.79 Å². The lowest BCUT2D eigenvalue weighted by molar-refractivity contribution is -0.116. The van der Waals surface area contributed by atoms with Gasteiger partial charge in [0.05, 0.1) is 0 Å². The maximum atomic E-state index is 11.1. The Morgan fingerprint density at radius 3 is 2.50 bits per heavy atom. The number of hydrogen-bond donors (Lipinski definition) is 2. The topological polar surface area (TPSA) is 41.1 Å². The second-order valence-electron chi connectivity index (χ2n) is 4.43. The molecule has 1 aliphatic rings. The molecular weight excluding hydrogens is 200 g/mol. The van der Waals surface area contributed by atoms with Gasteiger partial charge < -0.3 is 10.6 Å². The summed E-state index contributed by atoms with van der Waals surface area (Å²) < 4.78 is 0. The maximum Gasteiger partial charge on any atom is 0.243 e. The first-order valence-corrected chi connectivity index (χ1v) is 6.47. The Kier molecular flexibility index (Phi) is 6.90.